The summed E-state index contributed by atoms with van der Waals surface area (Å²) in [5, 5.41) is 7.69. The predicted octanol–water partition coefficient (Wildman–Crippen LogP) is 2.51. The fraction of sp³-hybridized carbons (Fsp3) is 0.448. The maximum Gasteiger partial charge on any atom is 0.408 e. The minimum absolute atomic E-state index is 0.0737. The van der Waals surface area contributed by atoms with E-state index in [1.54, 1.807) is 57.2 Å². The molecule has 2 aromatic rings. The molecule has 12 nitrogen and oxygen atoms in total. The van der Waals surface area contributed by atoms with Gasteiger partial charge in [-0.25, -0.2) is 18.0 Å². The first-order valence-electron chi connectivity index (χ1n) is 13.5. The van der Waals surface area contributed by atoms with Gasteiger partial charge in [-0.05, 0) is 70.4 Å². The van der Waals surface area contributed by atoms with Crippen molar-refractivity contribution >= 4 is 39.6 Å². The van der Waals surface area contributed by atoms with Crippen LogP contribution in [0.4, 0.5) is 10.5 Å². The molecule has 1 saturated heterocycles. The van der Waals surface area contributed by atoms with Gasteiger partial charge in [0.25, 0.3) is 0 Å². The molecule has 0 unspecified atom stereocenters. The SMILES string of the molecule is COC(=O)[C@H](Cc1ccc(NC(=O)CNC(=O)OC(C)(C)C)cc1)NC(=O)[C@@H]1CCCN1S(=O)(=O)c1ccc(C)cc1. The third-order valence-corrected chi connectivity index (χ3v) is 8.33. The number of amides is 3. The van der Waals surface area contributed by atoms with Crippen molar-refractivity contribution in [3.8, 4) is 0 Å². The summed E-state index contributed by atoms with van der Waals surface area (Å²) >= 11 is 0. The highest BCUT2D eigenvalue weighted by atomic mass is 32.2. The van der Waals surface area contributed by atoms with E-state index in [0.29, 0.717) is 24.1 Å². The van der Waals surface area contributed by atoms with Crippen LogP contribution in [0.5, 0.6) is 0 Å². The number of benzene rings is 2. The average Bonchev–Trinajstić information content (AvgIpc) is 3.43. The first-order chi connectivity index (χ1) is 19.7. The van der Waals surface area contributed by atoms with E-state index in [1.165, 1.54) is 23.5 Å². The Morgan fingerprint density at radius 2 is 1.67 bits per heavy atom. The summed E-state index contributed by atoms with van der Waals surface area (Å²) in [5.41, 5.74) is 1.34. The number of nitrogens with zero attached hydrogens (tertiary/aromatic N) is 1. The summed E-state index contributed by atoms with van der Waals surface area (Å²) in [6, 6.07) is 11.0. The van der Waals surface area contributed by atoms with Gasteiger partial charge in [-0.2, -0.15) is 4.31 Å². The van der Waals surface area contributed by atoms with E-state index in [2.05, 4.69) is 16.0 Å². The summed E-state index contributed by atoms with van der Waals surface area (Å²) in [4.78, 5) is 49.8. The Labute approximate surface area is 246 Å². The molecule has 228 valence electrons. The van der Waals surface area contributed by atoms with Gasteiger partial charge in [-0.3, -0.25) is 9.59 Å². The lowest BCUT2D eigenvalue weighted by molar-refractivity contribution is -0.145. The van der Waals surface area contributed by atoms with Crippen molar-refractivity contribution in [1.29, 1.82) is 0 Å². The zero-order valence-corrected chi connectivity index (χ0v) is 25.2. The molecule has 2 atom stereocenters. The minimum Gasteiger partial charge on any atom is -0.467 e. The summed E-state index contributed by atoms with van der Waals surface area (Å²) < 4.78 is 37.7. The molecule has 1 fully saturated rings. The lowest BCUT2D eigenvalue weighted by atomic mass is 10.0. The van der Waals surface area contributed by atoms with Gasteiger partial charge < -0.3 is 25.4 Å². The first kappa shape index (κ1) is 32.5. The largest absolute Gasteiger partial charge is 0.467 e. The third kappa shape index (κ3) is 9.02. The number of nitrogens with one attached hydrogen (secondary N) is 3. The molecule has 3 N–H and O–H groups in total. The molecule has 1 aliphatic heterocycles. The number of anilines is 1. The minimum atomic E-state index is -3.91. The van der Waals surface area contributed by atoms with Crippen LogP contribution in [0.15, 0.2) is 53.4 Å². The van der Waals surface area contributed by atoms with E-state index in [0.717, 1.165) is 5.56 Å². The Morgan fingerprint density at radius 3 is 2.26 bits per heavy atom. The molecule has 0 aliphatic carbocycles. The van der Waals surface area contributed by atoms with Gasteiger partial charge in [0.05, 0.1) is 12.0 Å². The van der Waals surface area contributed by atoms with Crippen LogP contribution in [0, 0.1) is 6.92 Å². The number of carbonyl (C=O) groups is 4. The summed E-state index contributed by atoms with van der Waals surface area (Å²) in [6.07, 6.45) is 0.191. The Bertz CT molecular complexity index is 1390. The molecule has 42 heavy (non-hydrogen) atoms. The predicted molar refractivity (Wildman–Crippen MR) is 155 cm³/mol. The molecule has 2 aromatic carbocycles. The smallest absolute Gasteiger partial charge is 0.408 e. The number of alkyl carbamates (subject to hydrolysis) is 1. The number of carbonyl (C=O) groups excluding carboxylic acids is 4. The van der Waals surface area contributed by atoms with E-state index in [-0.39, 0.29) is 24.4 Å². The second-order valence-corrected chi connectivity index (χ2v) is 12.9. The average molecular weight is 603 g/mol. The van der Waals surface area contributed by atoms with E-state index in [4.69, 9.17) is 9.47 Å². The second-order valence-electron chi connectivity index (χ2n) is 11.0. The highest BCUT2D eigenvalue weighted by molar-refractivity contribution is 7.89. The highest BCUT2D eigenvalue weighted by Crippen LogP contribution is 2.27. The summed E-state index contributed by atoms with van der Waals surface area (Å²) in [7, 11) is -2.71. The van der Waals surface area contributed by atoms with Crippen LogP contribution in [-0.4, -0.2) is 74.5 Å². The zero-order valence-electron chi connectivity index (χ0n) is 24.4. The fourth-order valence-corrected chi connectivity index (χ4v) is 6.03. The van der Waals surface area contributed by atoms with Crippen molar-refractivity contribution in [1.82, 2.24) is 14.9 Å². The van der Waals surface area contributed by atoms with Crippen molar-refractivity contribution < 1.29 is 37.1 Å². The van der Waals surface area contributed by atoms with Crippen LogP contribution in [0.3, 0.4) is 0 Å². The summed E-state index contributed by atoms with van der Waals surface area (Å²) in [5.74, 6) is -1.73. The molecule has 3 amide bonds. The molecule has 1 heterocycles. The molecule has 3 rings (SSSR count). The standard InChI is InChI=1S/C29H38N4O8S/c1-19-8-14-22(15-9-19)42(38,39)33-16-6-7-24(33)26(35)32-23(27(36)40-5)17-20-10-12-21(13-11-20)31-25(34)18-30-28(37)41-29(2,3)4/h8-15,23-24H,6-7,16-18H2,1-5H3,(H,30,37)(H,31,34)(H,32,35)/t23-,24-/m0/s1. The van der Waals surface area contributed by atoms with E-state index >= 15 is 0 Å². The normalized spacial score (nSPS) is 16.3. The van der Waals surface area contributed by atoms with E-state index < -0.39 is 51.6 Å². The Hall–Kier alpha value is -3.97. The van der Waals surface area contributed by atoms with Crippen LogP contribution in [0.1, 0.15) is 44.7 Å². The molecular weight excluding hydrogens is 564 g/mol. The van der Waals surface area contributed by atoms with Crippen molar-refractivity contribution in [2.24, 2.45) is 0 Å². The summed E-state index contributed by atoms with van der Waals surface area (Å²) in [6.45, 7) is 6.90. The maximum absolute atomic E-state index is 13.3. The van der Waals surface area contributed by atoms with E-state index in [9.17, 15) is 27.6 Å². The number of sulfonamides is 1. The Morgan fingerprint density at radius 1 is 1.02 bits per heavy atom. The second kappa shape index (κ2) is 13.8. The number of aryl methyl sites for hydroxylation is 1. The molecule has 0 bridgehead atoms. The topological polar surface area (TPSA) is 160 Å². The molecule has 0 aromatic heterocycles. The van der Waals surface area contributed by atoms with Crippen LogP contribution in [0.25, 0.3) is 0 Å². The van der Waals surface area contributed by atoms with Crippen LogP contribution >= 0.6 is 0 Å². The zero-order chi connectivity index (χ0) is 31.1. The van der Waals surface area contributed by atoms with Crippen molar-refractivity contribution in [2.75, 3.05) is 25.5 Å². The molecule has 1 aliphatic rings. The number of hydrogen-bond acceptors (Lipinski definition) is 8. The number of ether oxygens (including phenoxy) is 2. The number of rotatable bonds is 10. The van der Waals surface area contributed by atoms with Gasteiger partial charge in [-0.15, -0.1) is 0 Å². The highest BCUT2D eigenvalue weighted by Gasteiger charge is 2.40. The van der Waals surface area contributed by atoms with Crippen molar-refractivity contribution in [3.63, 3.8) is 0 Å². The first-order valence-corrected chi connectivity index (χ1v) is 15.0. The fourth-order valence-electron chi connectivity index (χ4n) is 4.37. The molecule has 0 spiro atoms. The molecular formula is C29H38N4O8S. The number of methoxy groups -OCH3 is 1. The monoisotopic (exact) mass is 602 g/mol. The quantitative estimate of drug-likeness (QED) is 0.350. The molecule has 0 saturated carbocycles. The van der Waals surface area contributed by atoms with Crippen LogP contribution < -0.4 is 16.0 Å². The van der Waals surface area contributed by atoms with Crippen molar-refractivity contribution in [2.45, 2.75) is 69.5 Å². The van der Waals surface area contributed by atoms with Gasteiger partial charge in [0.2, 0.25) is 21.8 Å². The maximum atomic E-state index is 13.3. The van der Waals surface area contributed by atoms with Crippen LogP contribution in [-0.2, 0) is 40.3 Å². The van der Waals surface area contributed by atoms with E-state index in [1.807, 2.05) is 6.92 Å². The lowest BCUT2D eigenvalue weighted by Gasteiger charge is -2.25. The van der Waals surface area contributed by atoms with Crippen LogP contribution in [0.2, 0.25) is 0 Å². The van der Waals surface area contributed by atoms with Gasteiger partial charge in [0, 0.05) is 18.7 Å². The van der Waals surface area contributed by atoms with Gasteiger partial charge in [0.1, 0.15) is 24.2 Å². The molecule has 0 radical (unpaired) electrons. The molecule has 13 heteroatoms. The number of esters is 1. The van der Waals surface area contributed by atoms with Gasteiger partial charge >= 0.3 is 12.1 Å². The number of hydrogen-bond donors (Lipinski definition) is 3. The van der Waals surface area contributed by atoms with Crippen molar-refractivity contribution in [3.05, 3.63) is 59.7 Å². The Balaban J connectivity index is 1.62. The Kier molecular flexibility index (Phi) is 10.7. The van der Waals surface area contributed by atoms with Gasteiger partial charge in [0.15, 0.2) is 0 Å². The lowest BCUT2D eigenvalue weighted by Crippen LogP contribution is -2.51. The van der Waals surface area contributed by atoms with Gasteiger partial charge in [-0.1, -0.05) is 29.8 Å². The third-order valence-electron chi connectivity index (χ3n) is 6.41.